The number of hydrogen-bond acceptors (Lipinski definition) is 4. The molecule has 0 saturated heterocycles. The lowest BCUT2D eigenvalue weighted by Crippen LogP contribution is -2.34. The molecule has 1 aromatic rings. The zero-order chi connectivity index (χ0) is 12.0. The van der Waals surface area contributed by atoms with Gasteiger partial charge >= 0.3 is 7.12 Å². The molecule has 2 atom stereocenters. The summed E-state index contributed by atoms with van der Waals surface area (Å²) in [5, 5.41) is 0.656. The molecule has 1 aromatic carbocycles. The van der Waals surface area contributed by atoms with E-state index in [1.54, 1.807) is 0 Å². The van der Waals surface area contributed by atoms with E-state index in [-0.39, 0.29) is 24.6 Å². The molecule has 2 N–H and O–H groups in total. The van der Waals surface area contributed by atoms with E-state index in [0.717, 1.165) is 16.8 Å². The number of nitrogens with two attached hydrogens (primary N) is 1. The lowest BCUT2D eigenvalue weighted by atomic mass is 9.77. The average Bonchev–Trinajstić information content (AvgIpc) is 2.60. The lowest BCUT2D eigenvalue weighted by molar-refractivity contribution is 0.101. The molecule has 7 heteroatoms. The summed E-state index contributed by atoms with van der Waals surface area (Å²) in [5.74, 6) is 0.787. The van der Waals surface area contributed by atoms with Crippen LogP contribution in [0.25, 0.3) is 0 Å². The predicted octanol–water partition coefficient (Wildman–Crippen LogP) is 1.28. The van der Waals surface area contributed by atoms with Crippen molar-refractivity contribution in [2.75, 3.05) is 13.2 Å². The van der Waals surface area contributed by atoms with Gasteiger partial charge in [-0.05, 0) is 19.1 Å². The van der Waals surface area contributed by atoms with Gasteiger partial charge in [-0.25, -0.2) is 0 Å². The molecule has 0 aliphatic carbocycles. The Labute approximate surface area is 117 Å². The molecular formula is C11H14BCl2NO3. The highest BCUT2D eigenvalue weighted by molar-refractivity contribution is 6.64. The number of rotatable bonds is 1. The van der Waals surface area contributed by atoms with E-state index in [1.807, 2.05) is 19.1 Å². The van der Waals surface area contributed by atoms with Crippen LogP contribution in [0.15, 0.2) is 12.1 Å². The third-order valence-electron chi connectivity index (χ3n) is 3.08. The zero-order valence-corrected chi connectivity index (χ0v) is 11.5. The Bertz CT molecular complexity index is 460. The highest BCUT2D eigenvalue weighted by Gasteiger charge is 2.43. The molecule has 0 fully saturated rings. The van der Waals surface area contributed by atoms with Gasteiger partial charge in [-0.15, -0.1) is 12.4 Å². The summed E-state index contributed by atoms with van der Waals surface area (Å²) in [4.78, 5) is 0. The fourth-order valence-electron chi connectivity index (χ4n) is 2.30. The third-order valence-corrected chi connectivity index (χ3v) is 3.41. The summed E-state index contributed by atoms with van der Waals surface area (Å²) < 4.78 is 17.2. The molecule has 0 amide bonds. The second kappa shape index (κ2) is 5.27. The van der Waals surface area contributed by atoms with E-state index in [1.165, 1.54) is 0 Å². The average molecular weight is 290 g/mol. The van der Waals surface area contributed by atoms with Crippen LogP contribution in [0.3, 0.4) is 0 Å². The minimum atomic E-state index is -0.412. The van der Waals surface area contributed by atoms with Crippen molar-refractivity contribution >= 4 is 36.6 Å². The number of hydrogen-bond donors (Lipinski definition) is 1. The van der Waals surface area contributed by atoms with E-state index in [9.17, 15) is 0 Å². The maximum absolute atomic E-state index is 6.20. The van der Waals surface area contributed by atoms with E-state index in [2.05, 4.69) is 0 Å². The van der Waals surface area contributed by atoms with Crippen molar-refractivity contribution in [2.45, 2.75) is 19.1 Å². The highest BCUT2D eigenvalue weighted by Crippen LogP contribution is 2.35. The normalized spacial score (nSPS) is 24.9. The van der Waals surface area contributed by atoms with Crippen LogP contribution in [-0.4, -0.2) is 26.4 Å². The van der Waals surface area contributed by atoms with E-state index >= 15 is 0 Å². The molecule has 3 rings (SSSR count). The molecule has 0 radical (unpaired) electrons. The van der Waals surface area contributed by atoms with Gasteiger partial charge in [0, 0.05) is 22.6 Å². The van der Waals surface area contributed by atoms with Crippen molar-refractivity contribution in [1.82, 2.24) is 0 Å². The zero-order valence-electron chi connectivity index (χ0n) is 9.89. The summed E-state index contributed by atoms with van der Waals surface area (Å²) in [6, 6.07) is 3.68. The molecule has 0 spiro atoms. The highest BCUT2D eigenvalue weighted by atomic mass is 35.5. The molecule has 2 aliphatic heterocycles. The van der Waals surface area contributed by atoms with Crippen molar-refractivity contribution < 1.29 is 14.0 Å². The molecule has 1 unspecified atom stereocenters. The van der Waals surface area contributed by atoms with Gasteiger partial charge in [0.2, 0.25) is 0 Å². The Morgan fingerprint density at radius 3 is 2.94 bits per heavy atom. The van der Waals surface area contributed by atoms with Gasteiger partial charge in [-0.2, -0.15) is 0 Å². The van der Waals surface area contributed by atoms with Crippen molar-refractivity contribution in [1.29, 1.82) is 0 Å². The van der Waals surface area contributed by atoms with Crippen LogP contribution in [0.2, 0.25) is 5.02 Å². The Balaban J connectivity index is 0.00000120. The maximum atomic E-state index is 6.20. The quantitative estimate of drug-likeness (QED) is 0.792. The summed E-state index contributed by atoms with van der Waals surface area (Å²) in [5.41, 5.74) is 7.51. The van der Waals surface area contributed by atoms with E-state index in [4.69, 9.17) is 31.4 Å². The van der Waals surface area contributed by atoms with Crippen molar-refractivity contribution in [3.63, 3.8) is 0 Å². The summed E-state index contributed by atoms with van der Waals surface area (Å²) in [6.45, 7) is 2.85. The minimum absolute atomic E-state index is 0. The van der Waals surface area contributed by atoms with Crippen LogP contribution < -0.4 is 15.9 Å². The minimum Gasteiger partial charge on any atom is -0.491 e. The van der Waals surface area contributed by atoms with Crippen molar-refractivity contribution in [3.05, 3.63) is 22.7 Å². The van der Waals surface area contributed by atoms with Gasteiger partial charge in [0.25, 0.3) is 0 Å². The Hall–Kier alpha value is -0.455. The van der Waals surface area contributed by atoms with Gasteiger partial charge < -0.3 is 19.8 Å². The molecule has 98 valence electrons. The van der Waals surface area contributed by atoms with Gasteiger partial charge in [0.05, 0.1) is 12.2 Å². The second-order valence-corrected chi connectivity index (χ2v) is 4.73. The van der Waals surface area contributed by atoms with E-state index < -0.39 is 7.12 Å². The Morgan fingerprint density at radius 1 is 1.44 bits per heavy atom. The Kier molecular flexibility index (Phi) is 4.09. The molecule has 2 aliphatic rings. The Morgan fingerprint density at radius 2 is 2.22 bits per heavy atom. The smallest absolute Gasteiger partial charge is 0.491 e. The fourth-order valence-corrected chi connectivity index (χ4v) is 2.59. The first-order valence-electron chi connectivity index (χ1n) is 5.66. The third kappa shape index (κ3) is 2.10. The summed E-state index contributed by atoms with van der Waals surface area (Å²) >= 11 is 6.20. The van der Waals surface area contributed by atoms with Crippen LogP contribution in [0.1, 0.15) is 18.6 Å². The van der Waals surface area contributed by atoms with Crippen LogP contribution >= 0.6 is 24.0 Å². The summed E-state index contributed by atoms with van der Waals surface area (Å²) in [6.07, 6.45) is -0.230. The monoisotopic (exact) mass is 289 g/mol. The van der Waals surface area contributed by atoms with Crippen LogP contribution in [0.5, 0.6) is 5.75 Å². The standard InChI is InChI=1S/C11H13BClNO3.ClH/c1-6-5-15-8-3-2-7(13)10-9(4-14)17-12(16-6)11(8)10;/h2-3,6,9H,4-5,14H2,1H3;1H/t6-,9?;/m0./s1. The van der Waals surface area contributed by atoms with Gasteiger partial charge in [0.1, 0.15) is 12.4 Å². The SMILES string of the molecule is C[C@H]1COc2ccc(Cl)c3c2B(OC3CN)O1.Cl. The predicted molar refractivity (Wildman–Crippen MR) is 73.0 cm³/mol. The largest absolute Gasteiger partial charge is 0.498 e. The maximum Gasteiger partial charge on any atom is 0.498 e. The first-order chi connectivity index (χ1) is 8.20. The molecule has 4 nitrogen and oxygen atoms in total. The molecule has 0 saturated carbocycles. The van der Waals surface area contributed by atoms with E-state index in [0.29, 0.717) is 18.2 Å². The van der Waals surface area contributed by atoms with Crippen molar-refractivity contribution in [3.8, 4) is 5.75 Å². The number of ether oxygens (including phenoxy) is 1. The van der Waals surface area contributed by atoms with Crippen LogP contribution in [0, 0.1) is 0 Å². The fraction of sp³-hybridized carbons (Fsp3) is 0.455. The number of benzene rings is 1. The second-order valence-electron chi connectivity index (χ2n) is 4.32. The molecule has 0 bridgehead atoms. The number of halogens is 2. The van der Waals surface area contributed by atoms with Gasteiger partial charge in [-0.1, -0.05) is 11.6 Å². The summed E-state index contributed by atoms with van der Waals surface area (Å²) in [7, 11) is -0.412. The lowest BCUT2D eigenvalue weighted by Gasteiger charge is -2.15. The first kappa shape index (κ1) is 14.0. The molecule has 18 heavy (non-hydrogen) atoms. The first-order valence-corrected chi connectivity index (χ1v) is 6.04. The topological polar surface area (TPSA) is 53.7 Å². The van der Waals surface area contributed by atoms with Crippen LogP contribution in [-0.2, 0) is 9.31 Å². The molecular weight excluding hydrogens is 276 g/mol. The van der Waals surface area contributed by atoms with Gasteiger partial charge in [-0.3, -0.25) is 0 Å². The molecule has 0 aromatic heterocycles. The van der Waals surface area contributed by atoms with Crippen molar-refractivity contribution in [2.24, 2.45) is 5.73 Å². The molecule has 2 heterocycles. The van der Waals surface area contributed by atoms with Crippen LogP contribution in [0.4, 0.5) is 0 Å². The van der Waals surface area contributed by atoms with Gasteiger partial charge in [0.15, 0.2) is 0 Å².